The molecule has 110 valence electrons. The van der Waals surface area contributed by atoms with Gasteiger partial charge in [-0.2, -0.15) is 0 Å². The van der Waals surface area contributed by atoms with E-state index in [1.54, 1.807) is 0 Å². The Hall–Kier alpha value is -1.30. The van der Waals surface area contributed by atoms with Gasteiger partial charge < -0.3 is 0 Å². The molecule has 0 saturated heterocycles. The summed E-state index contributed by atoms with van der Waals surface area (Å²) in [4.78, 5) is 0. The Morgan fingerprint density at radius 3 is 2.71 bits per heavy atom. The minimum absolute atomic E-state index is 0.499. The summed E-state index contributed by atoms with van der Waals surface area (Å²) in [5.41, 5.74) is 4.37. The van der Waals surface area contributed by atoms with Crippen molar-refractivity contribution in [3.05, 3.63) is 65.6 Å². The smallest absolute Gasteiger partial charge is 0.000869 e. The van der Waals surface area contributed by atoms with Crippen LogP contribution in [0.1, 0.15) is 48.8 Å². The van der Waals surface area contributed by atoms with Crippen molar-refractivity contribution in [1.82, 2.24) is 0 Å². The molecule has 0 nitrogen and oxygen atoms in total. The predicted molar refractivity (Wildman–Crippen MR) is 90.2 cm³/mol. The van der Waals surface area contributed by atoms with Gasteiger partial charge in [-0.3, -0.25) is 0 Å². The second kappa shape index (κ2) is 6.22. The molecule has 21 heavy (non-hydrogen) atoms. The maximum Gasteiger partial charge on any atom is -0.000869 e. The molecule has 1 fully saturated rings. The van der Waals surface area contributed by atoms with Crippen LogP contribution in [0.3, 0.4) is 0 Å². The highest BCUT2D eigenvalue weighted by Crippen LogP contribution is 2.51. The zero-order chi connectivity index (χ0) is 14.8. The third kappa shape index (κ3) is 2.73. The standard InChI is InChI=1S/C21H26/c1-4-5-11-20-19-12-7-6-10-17(19)14-21(20)18-13-8-9-15(2)16(18)3/h6-10,12-13,17,19-21H,4-5,11H2,1-3H3. The van der Waals surface area contributed by atoms with Crippen molar-refractivity contribution in [2.75, 3.05) is 0 Å². The topological polar surface area (TPSA) is 0 Å². The lowest BCUT2D eigenvalue weighted by molar-refractivity contribution is 0.359. The monoisotopic (exact) mass is 278 g/mol. The number of fused-ring (bicyclic) bond motifs is 1. The molecule has 1 aromatic carbocycles. The van der Waals surface area contributed by atoms with Crippen molar-refractivity contribution >= 4 is 0 Å². The lowest BCUT2D eigenvalue weighted by Crippen LogP contribution is -2.16. The average Bonchev–Trinajstić information content (AvgIpc) is 2.86. The first kappa shape index (κ1) is 14.6. The SMILES string of the molecule is CCCCC1C(c2cccc(C)c2C)[C]C2C=CC=CC21. The van der Waals surface area contributed by atoms with Crippen LogP contribution < -0.4 is 0 Å². The van der Waals surface area contributed by atoms with E-state index in [0.29, 0.717) is 17.8 Å². The molecule has 0 heteroatoms. The largest absolute Gasteiger partial charge is 0.0805 e. The number of aryl methyl sites for hydroxylation is 1. The van der Waals surface area contributed by atoms with E-state index in [1.807, 2.05) is 0 Å². The highest BCUT2D eigenvalue weighted by atomic mass is 14.5. The van der Waals surface area contributed by atoms with Gasteiger partial charge in [-0.25, -0.2) is 0 Å². The number of hydrogen-bond acceptors (Lipinski definition) is 0. The summed E-state index contributed by atoms with van der Waals surface area (Å²) in [7, 11) is 0. The zero-order valence-electron chi connectivity index (χ0n) is 13.5. The van der Waals surface area contributed by atoms with Gasteiger partial charge in [0.1, 0.15) is 0 Å². The Kier molecular flexibility index (Phi) is 4.33. The van der Waals surface area contributed by atoms with E-state index in [4.69, 9.17) is 0 Å². The van der Waals surface area contributed by atoms with Gasteiger partial charge in [0.2, 0.25) is 0 Å². The van der Waals surface area contributed by atoms with Gasteiger partial charge >= 0.3 is 0 Å². The van der Waals surface area contributed by atoms with Crippen LogP contribution in [0.2, 0.25) is 0 Å². The highest BCUT2D eigenvalue weighted by molar-refractivity contribution is 5.40. The molecule has 3 rings (SSSR count). The van der Waals surface area contributed by atoms with Crippen molar-refractivity contribution in [3.8, 4) is 0 Å². The Morgan fingerprint density at radius 2 is 1.90 bits per heavy atom. The van der Waals surface area contributed by atoms with Gasteiger partial charge in [-0.1, -0.05) is 62.3 Å². The summed E-state index contributed by atoms with van der Waals surface area (Å²) >= 11 is 0. The number of unbranched alkanes of at least 4 members (excludes halogenated alkanes) is 1. The summed E-state index contributed by atoms with van der Waals surface area (Å²) in [5.74, 6) is 2.39. The van der Waals surface area contributed by atoms with Crippen LogP contribution in [-0.4, -0.2) is 0 Å². The lowest BCUT2D eigenvalue weighted by atomic mass is 9.78. The highest BCUT2D eigenvalue weighted by Gasteiger charge is 2.42. The Bertz CT molecular complexity index is 549. The fourth-order valence-electron chi connectivity index (χ4n) is 3.98. The van der Waals surface area contributed by atoms with Crippen LogP contribution in [0.4, 0.5) is 0 Å². The van der Waals surface area contributed by atoms with Gasteiger partial charge in [0.15, 0.2) is 0 Å². The Morgan fingerprint density at radius 1 is 1.10 bits per heavy atom. The fraction of sp³-hybridized carbons (Fsp3) is 0.476. The molecule has 0 N–H and O–H groups in total. The van der Waals surface area contributed by atoms with Gasteiger partial charge in [0.25, 0.3) is 0 Å². The van der Waals surface area contributed by atoms with E-state index in [1.165, 1.54) is 36.0 Å². The molecule has 1 aromatic rings. The third-order valence-electron chi connectivity index (χ3n) is 5.34. The summed E-state index contributed by atoms with van der Waals surface area (Å²) < 4.78 is 0. The molecular formula is C21H26. The maximum absolute atomic E-state index is 3.90. The van der Waals surface area contributed by atoms with Crippen molar-refractivity contribution in [3.63, 3.8) is 0 Å². The van der Waals surface area contributed by atoms with Gasteiger partial charge in [0.05, 0.1) is 0 Å². The number of hydrogen-bond donors (Lipinski definition) is 0. The van der Waals surface area contributed by atoms with Gasteiger partial charge in [-0.05, 0) is 67.1 Å². The molecule has 0 aliphatic heterocycles. The second-order valence-corrected chi connectivity index (χ2v) is 6.61. The number of rotatable bonds is 4. The molecule has 0 aromatic heterocycles. The van der Waals surface area contributed by atoms with Gasteiger partial charge in [-0.15, -0.1) is 0 Å². The second-order valence-electron chi connectivity index (χ2n) is 6.61. The van der Waals surface area contributed by atoms with E-state index in [2.05, 4.69) is 69.7 Å². The first-order valence-electron chi connectivity index (χ1n) is 8.39. The number of benzene rings is 1. The van der Waals surface area contributed by atoms with Crippen LogP contribution in [0.15, 0.2) is 42.5 Å². The van der Waals surface area contributed by atoms with Crippen molar-refractivity contribution in [2.24, 2.45) is 17.8 Å². The van der Waals surface area contributed by atoms with Crippen molar-refractivity contribution in [1.29, 1.82) is 0 Å². The fourth-order valence-corrected chi connectivity index (χ4v) is 3.98. The quantitative estimate of drug-likeness (QED) is 0.668. The summed E-state index contributed by atoms with van der Waals surface area (Å²) in [6, 6.07) is 6.76. The maximum atomic E-state index is 3.90. The predicted octanol–water partition coefficient (Wildman–Crippen LogP) is 5.65. The minimum Gasteiger partial charge on any atom is -0.0805 e. The van der Waals surface area contributed by atoms with E-state index in [-0.39, 0.29) is 0 Å². The summed E-state index contributed by atoms with van der Waals surface area (Å²) in [5, 5.41) is 0. The molecule has 0 amide bonds. The van der Waals surface area contributed by atoms with Crippen molar-refractivity contribution in [2.45, 2.75) is 46.0 Å². The minimum atomic E-state index is 0.499. The van der Waals surface area contributed by atoms with Crippen molar-refractivity contribution < 1.29 is 0 Å². The molecule has 0 heterocycles. The van der Waals surface area contributed by atoms with E-state index in [9.17, 15) is 0 Å². The molecular weight excluding hydrogens is 252 g/mol. The number of allylic oxidation sites excluding steroid dienone is 4. The van der Waals surface area contributed by atoms with Crippen LogP contribution in [-0.2, 0) is 0 Å². The molecule has 2 aliphatic carbocycles. The normalized spacial score (nSPS) is 30.6. The molecule has 0 spiro atoms. The molecule has 0 bridgehead atoms. The molecule has 1 saturated carbocycles. The first-order valence-corrected chi connectivity index (χ1v) is 8.39. The first-order chi connectivity index (χ1) is 10.2. The van der Waals surface area contributed by atoms with E-state index in [0.717, 1.165) is 5.92 Å². The molecule has 2 aliphatic rings. The van der Waals surface area contributed by atoms with Crippen LogP contribution in [0, 0.1) is 38.0 Å². The van der Waals surface area contributed by atoms with Gasteiger partial charge in [0, 0.05) is 0 Å². The molecule has 4 atom stereocenters. The van der Waals surface area contributed by atoms with E-state index < -0.39 is 0 Å². The average molecular weight is 278 g/mol. The van der Waals surface area contributed by atoms with Crippen LogP contribution >= 0.6 is 0 Å². The molecule has 2 radical (unpaired) electrons. The third-order valence-corrected chi connectivity index (χ3v) is 5.34. The van der Waals surface area contributed by atoms with Crippen LogP contribution in [0.5, 0.6) is 0 Å². The van der Waals surface area contributed by atoms with E-state index >= 15 is 0 Å². The Labute approximate surface area is 130 Å². The molecule has 4 unspecified atom stereocenters. The summed E-state index contributed by atoms with van der Waals surface area (Å²) in [6.07, 6.45) is 17.0. The lowest BCUT2D eigenvalue weighted by Gasteiger charge is -2.26. The Balaban J connectivity index is 1.93. The summed E-state index contributed by atoms with van der Waals surface area (Å²) in [6.45, 7) is 6.79. The zero-order valence-corrected chi connectivity index (χ0v) is 13.5. The van der Waals surface area contributed by atoms with Crippen LogP contribution in [0.25, 0.3) is 0 Å².